The number of hydrogen-bond acceptors (Lipinski definition) is 7. The van der Waals surface area contributed by atoms with Gasteiger partial charge < -0.3 is 15.3 Å². The van der Waals surface area contributed by atoms with Crippen LogP contribution in [0.3, 0.4) is 0 Å². The van der Waals surface area contributed by atoms with Gasteiger partial charge in [-0.15, -0.1) is 5.10 Å². The molecule has 1 atom stereocenters. The van der Waals surface area contributed by atoms with E-state index in [0.717, 1.165) is 47.9 Å². The van der Waals surface area contributed by atoms with Crippen LogP contribution in [0.5, 0.6) is 0 Å². The maximum Gasteiger partial charge on any atom is 0.417 e. The largest absolute Gasteiger partial charge is 0.417 e. The number of halogens is 9. The van der Waals surface area contributed by atoms with Crippen LogP contribution in [0.25, 0.3) is 0 Å². The zero-order valence-corrected chi connectivity index (χ0v) is 25.0. The molecule has 17 heteroatoms. The molecule has 1 unspecified atom stereocenters. The van der Waals surface area contributed by atoms with Crippen LogP contribution in [0, 0.1) is 11.8 Å². The van der Waals surface area contributed by atoms with Gasteiger partial charge in [0.05, 0.1) is 29.4 Å². The molecule has 0 spiro atoms. The Morgan fingerprint density at radius 2 is 1.46 bits per heavy atom. The average molecular weight is 668 g/mol. The third-order valence-corrected chi connectivity index (χ3v) is 8.12. The summed E-state index contributed by atoms with van der Waals surface area (Å²) in [6.45, 7) is 1.34. The predicted molar refractivity (Wildman–Crippen MR) is 148 cm³/mol. The van der Waals surface area contributed by atoms with Crippen LogP contribution in [0.15, 0.2) is 30.5 Å². The molecule has 1 saturated carbocycles. The molecule has 1 aromatic carbocycles. The molecule has 1 aliphatic rings. The van der Waals surface area contributed by atoms with E-state index in [-0.39, 0.29) is 29.9 Å². The molecule has 1 fully saturated rings. The summed E-state index contributed by atoms with van der Waals surface area (Å²) in [6, 6.07) is 1.38. The molecule has 254 valence electrons. The second-order valence-electron chi connectivity index (χ2n) is 11.6. The first kappa shape index (κ1) is 35.4. The highest BCUT2D eigenvalue weighted by molar-refractivity contribution is 5.40. The minimum atomic E-state index is -5.09. The van der Waals surface area contributed by atoms with Gasteiger partial charge in [0.15, 0.2) is 0 Å². The fourth-order valence-electron chi connectivity index (χ4n) is 5.67. The summed E-state index contributed by atoms with van der Waals surface area (Å²) in [7, 11) is 1.38. The Morgan fingerprint density at radius 1 is 0.870 bits per heavy atom. The van der Waals surface area contributed by atoms with E-state index in [1.807, 2.05) is 0 Å². The zero-order valence-electron chi connectivity index (χ0n) is 25.0. The van der Waals surface area contributed by atoms with Crippen molar-refractivity contribution in [3.63, 3.8) is 0 Å². The molecule has 46 heavy (non-hydrogen) atoms. The van der Waals surface area contributed by atoms with E-state index < -0.39 is 59.9 Å². The zero-order chi connectivity index (χ0) is 33.9. The first-order chi connectivity index (χ1) is 21.4. The van der Waals surface area contributed by atoms with Gasteiger partial charge in [-0.25, -0.2) is 0 Å². The molecular formula is C29H34F9N7O. The Hall–Kier alpha value is -3.47. The standard InChI is InChI=1S/C29H34F9N7O/c1-17(39-13-19-5-3-18(4-6-19)7-8-46)25-21(11-24(14-40-25)29(36,37)38)16-45(26-41-43-44(2)42-26)15-20-9-22(27(30,31)32)12-23(10-20)28(33,34)35/h9-12,14,17-19,39,46H,3-8,13,15-16H2,1-2H3. The monoisotopic (exact) mass is 667 g/mol. The summed E-state index contributed by atoms with van der Waals surface area (Å²) >= 11 is 0. The van der Waals surface area contributed by atoms with Gasteiger partial charge in [-0.05, 0) is 85.2 Å². The van der Waals surface area contributed by atoms with Gasteiger partial charge in [0.25, 0.3) is 5.95 Å². The Kier molecular flexibility index (Phi) is 10.9. The molecule has 2 N–H and O–H groups in total. The summed E-state index contributed by atoms with van der Waals surface area (Å²) in [4.78, 5) is 6.25. The lowest BCUT2D eigenvalue weighted by molar-refractivity contribution is -0.143. The van der Waals surface area contributed by atoms with Crippen LogP contribution in [-0.2, 0) is 38.7 Å². The van der Waals surface area contributed by atoms with Gasteiger partial charge in [0.1, 0.15) is 0 Å². The smallest absolute Gasteiger partial charge is 0.396 e. The number of anilines is 1. The molecule has 0 aliphatic heterocycles. The number of aromatic nitrogens is 5. The molecule has 0 radical (unpaired) electrons. The van der Waals surface area contributed by atoms with E-state index in [4.69, 9.17) is 0 Å². The Bertz CT molecular complexity index is 1420. The summed E-state index contributed by atoms with van der Waals surface area (Å²) < 4.78 is 123. The van der Waals surface area contributed by atoms with Gasteiger partial charge in [0.2, 0.25) is 0 Å². The van der Waals surface area contributed by atoms with E-state index in [9.17, 15) is 44.6 Å². The highest BCUT2D eigenvalue weighted by Crippen LogP contribution is 2.37. The number of nitrogens with zero attached hydrogens (tertiary/aromatic N) is 6. The average Bonchev–Trinajstić information content (AvgIpc) is 3.41. The van der Waals surface area contributed by atoms with Gasteiger partial charge in [0, 0.05) is 31.9 Å². The minimum Gasteiger partial charge on any atom is -0.396 e. The van der Waals surface area contributed by atoms with Crippen molar-refractivity contribution in [3.05, 3.63) is 64.0 Å². The molecule has 0 amide bonds. The predicted octanol–water partition coefficient (Wildman–Crippen LogP) is 6.71. The molecule has 3 aromatic rings. The number of aliphatic hydroxyl groups is 1. The number of nitrogens with one attached hydrogen (secondary N) is 1. The molecule has 2 aromatic heterocycles. The van der Waals surface area contributed by atoms with Crippen molar-refractivity contribution in [1.29, 1.82) is 0 Å². The van der Waals surface area contributed by atoms with E-state index in [1.165, 1.54) is 7.05 Å². The number of hydrogen-bond donors (Lipinski definition) is 2. The Labute approximate surface area is 259 Å². The molecular weight excluding hydrogens is 633 g/mol. The third-order valence-electron chi connectivity index (χ3n) is 8.12. The van der Waals surface area contributed by atoms with Crippen LogP contribution in [0.4, 0.5) is 45.5 Å². The highest BCUT2D eigenvalue weighted by atomic mass is 19.4. The second-order valence-corrected chi connectivity index (χ2v) is 11.6. The number of benzene rings is 1. The fraction of sp³-hybridized carbons (Fsp3) is 0.586. The molecule has 2 heterocycles. The second kappa shape index (κ2) is 14.1. The topological polar surface area (TPSA) is 92.0 Å². The first-order valence-electron chi connectivity index (χ1n) is 14.6. The highest BCUT2D eigenvalue weighted by Gasteiger charge is 2.37. The number of pyridine rings is 1. The number of aryl methyl sites for hydroxylation is 1. The van der Waals surface area contributed by atoms with Gasteiger partial charge >= 0.3 is 18.5 Å². The number of tetrazole rings is 1. The molecule has 4 rings (SSSR count). The fourth-order valence-corrected chi connectivity index (χ4v) is 5.67. The first-order valence-corrected chi connectivity index (χ1v) is 14.6. The van der Waals surface area contributed by atoms with Crippen molar-refractivity contribution in [1.82, 2.24) is 30.5 Å². The van der Waals surface area contributed by atoms with Crippen LogP contribution in [0.2, 0.25) is 0 Å². The van der Waals surface area contributed by atoms with E-state index in [1.54, 1.807) is 6.92 Å². The minimum absolute atomic E-state index is 0.00427. The number of aliphatic hydroxyl groups excluding tert-OH is 1. The van der Waals surface area contributed by atoms with Crippen LogP contribution < -0.4 is 10.2 Å². The summed E-state index contributed by atoms with van der Waals surface area (Å²) in [5, 5.41) is 24.0. The number of alkyl halides is 9. The number of rotatable bonds is 11. The van der Waals surface area contributed by atoms with Crippen LogP contribution in [0.1, 0.15) is 78.6 Å². The third kappa shape index (κ3) is 9.30. The molecule has 0 saturated heterocycles. The summed E-state index contributed by atoms with van der Waals surface area (Å²) in [5.41, 5.74) is -4.32. The SMILES string of the molecule is CC(NCC1CCC(CCO)CC1)c1ncc(C(F)(F)F)cc1CN(Cc1cc(C(F)(F)F)cc(C(F)(F)F)c1)c1nnn(C)n1. The summed E-state index contributed by atoms with van der Waals surface area (Å²) in [5.74, 6) is 0.531. The summed E-state index contributed by atoms with van der Waals surface area (Å²) in [6.07, 6.45) is -9.79. The van der Waals surface area contributed by atoms with Crippen molar-refractivity contribution in [2.45, 2.75) is 76.7 Å². The molecule has 8 nitrogen and oxygen atoms in total. The maximum absolute atomic E-state index is 13.8. The molecule has 1 aliphatic carbocycles. The van der Waals surface area contributed by atoms with Crippen molar-refractivity contribution in [2.24, 2.45) is 18.9 Å². The van der Waals surface area contributed by atoms with Crippen molar-refractivity contribution < 1.29 is 44.6 Å². The lowest BCUT2D eigenvalue weighted by Gasteiger charge is -2.30. The van der Waals surface area contributed by atoms with Gasteiger partial charge in [-0.3, -0.25) is 4.98 Å². The normalized spacial score (nSPS) is 18.5. The Balaban J connectivity index is 1.66. The van der Waals surface area contributed by atoms with E-state index >= 15 is 0 Å². The van der Waals surface area contributed by atoms with Crippen LogP contribution >= 0.6 is 0 Å². The van der Waals surface area contributed by atoms with Gasteiger partial charge in [-0.1, -0.05) is 17.9 Å². The maximum atomic E-state index is 13.8. The van der Waals surface area contributed by atoms with Crippen LogP contribution in [-0.4, -0.2) is 43.4 Å². The van der Waals surface area contributed by atoms with Crippen molar-refractivity contribution in [3.8, 4) is 0 Å². The lowest BCUT2D eigenvalue weighted by atomic mass is 9.80. The van der Waals surface area contributed by atoms with E-state index in [0.29, 0.717) is 36.7 Å². The Morgan fingerprint density at radius 3 is 1.98 bits per heavy atom. The van der Waals surface area contributed by atoms with E-state index in [2.05, 4.69) is 25.7 Å². The quantitative estimate of drug-likeness (QED) is 0.220. The van der Waals surface area contributed by atoms with Gasteiger partial charge in [-0.2, -0.15) is 44.3 Å². The van der Waals surface area contributed by atoms with Crippen molar-refractivity contribution in [2.75, 3.05) is 18.1 Å². The lowest BCUT2D eigenvalue weighted by Crippen LogP contribution is -2.31. The van der Waals surface area contributed by atoms with Crippen molar-refractivity contribution >= 4 is 5.95 Å². The molecule has 0 bridgehead atoms.